The van der Waals surface area contributed by atoms with Gasteiger partial charge < -0.3 is 15.1 Å². The fourth-order valence-electron chi connectivity index (χ4n) is 2.97. The first-order chi connectivity index (χ1) is 10.1. The molecule has 4 heteroatoms. The van der Waals surface area contributed by atoms with Crippen molar-refractivity contribution >= 4 is 0 Å². The summed E-state index contributed by atoms with van der Waals surface area (Å²) in [6, 6.07) is 7.84. The van der Waals surface area contributed by atoms with Gasteiger partial charge in [-0.25, -0.2) is 4.39 Å². The number of nitrogens with one attached hydrogen (secondary N) is 1. The monoisotopic (exact) mass is 293 g/mol. The third kappa shape index (κ3) is 4.77. The Bertz CT molecular complexity index is 421. The minimum absolute atomic E-state index is 0.165. The molecule has 1 fully saturated rings. The molecule has 0 aliphatic carbocycles. The number of rotatable bonds is 6. The van der Waals surface area contributed by atoms with Gasteiger partial charge in [0, 0.05) is 38.3 Å². The van der Waals surface area contributed by atoms with E-state index in [9.17, 15) is 4.39 Å². The first-order valence-corrected chi connectivity index (χ1v) is 8.01. The molecule has 1 aliphatic rings. The van der Waals surface area contributed by atoms with Gasteiger partial charge in [0.25, 0.3) is 0 Å². The van der Waals surface area contributed by atoms with E-state index >= 15 is 0 Å². The summed E-state index contributed by atoms with van der Waals surface area (Å²) in [4.78, 5) is 4.96. The minimum Gasteiger partial charge on any atom is -0.310 e. The van der Waals surface area contributed by atoms with Gasteiger partial charge in [-0.05, 0) is 44.6 Å². The molecule has 21 heavy (non-hydrogen) atoms. The second-order valence-electron chi connectivity index (χ2n) is 6.08. The van der Waals surface area contributed by atoms with Crippen LogP contribution >= 0.6 is 0 Å². The standard InChI is InChI=1S/C17H28FN3/c1-4-19-17(15-5-7-16(18)8-6-15)9-10-21-12-11-20(3)14(2)13-21/h5-8,14,17,19H,4,9-13H2,1-3H3. The second-order valence-corrected chi connectivity index (χ2v) is 6.08. The third-order valence-electron chi connectivity index (χ3n) is 4.50. The smallest absolute Gasteiger partial charge is 0.123 e. The number of hydrogen-bond donors (Lipinski definition) is 1. The van der Waals surface area contributed by atoms with Gasteiger partial charge in [0.15, 0.2) is 0 Å². The van der Waals surface area contributed by atoms with E-state index in [1.165, 1.54) is 5.56 Å². The molecule has 1 aromatic rings. The molecule has 1 aliphatic heterocycles. The second kappa shape index (κ2) is 7.87. The molecule has 0 spiro atoms. The molecule has 2 unspecified atom stereocenters. The fraction of sp³-hybridized carbons (Fsp3) is 0.647. The van der Waals surface area contributed by atoms with E-state index in [1.807, 2.05) is 12.1 Å². The Labute approximate surface area is 128 Å². The summed E-state index contributed by atoms with van der Waals surface area (Å²) in [6.45, 7) is 9.85. The molecule has 1 N–H and O–H groups in total. The van der Waals surface area contributed by atoms with Crippen molar-refractivity contribution in [2.75, 3.05) is 39.8 Å². The first kappa shape index (κ1) is 16.4. The van der Waals surface area contributed by atoms with Crippen molar-refractivity contribution in [3.05, 3.63) is 35.6 Å². The highest BCUT2D eigenvalue weighted by molar-refractivity contribution is 5.20. The van der Waals surface area contributed by atoms with E-state index in [2.05, 4.69) is 36.0 Å². The molecule has 3 nitrogen and oxygen atoms in total. The lowest BCUT2D eigenvalue weighted by Crippen LogP contribution is -2.50. The highest BCUT2D eigenvalue weighted by Crippen LogP contribution is 2.18. The third-order valence-corrected chi connectivity index (χ3v) is 4.50. The van der Waals surface area contributed by atoms with Gasteiger partial charge in [0.1, 0.15) is 5.82 Å². The van der Waals surface area contributed by atoms with E-state index in [-0.39, 0.29) is 5.82 Å². The maximum atomic E-state index is 13.1. The zero-order valence-corrected chi connectivity index (χ0v) is 13.5. The van der Waals surface area contributed by atoms with Crippen LogP contribution in [0.2, 0.25) is 0 Å². The van der Waals surface area contributed by atoms with Crippen LogP contribution in [0.3, 0.4) is 0 Å². The SMILES string of the molecule is CCNC(CCN1CCN(C)C(C)C1)c1ccc(F)cc1. The van der Waals surface area contributed by atoms with E-state index in [0.717, 1.165) is 39.1 Å². The summed E-state index contributed by atoms with van der Waals surface area (Å²) in [7, 11) is 2.20. The largest absolute Gasteiger partial charge is 0.310 e. The molecule has 118 valence electrons. The maximum Gasteiger partial charge on any atom is 0.123 e. The van der Waals surface area contributed by atoms with Crippen molar-refractivity contribution in [3.63, 3.8) is 0 Å². The van der Waals surface area contributed by atoms with Crippen LogP contribution in [-0.4, -0.2) is 55.6 Å². The van der Waals surface area contributed by atoms with E-state index in [4.69, 9.17) is 0 Å². The summed E-state index contributed by atoms with van der Waals surface area (Å²) in [6.07, 6.45) is 1.07. The highest BCUT2D eigenvalue weighted by Gasteiger charge is 2.21. The van der Waals surface area contributed by atoms with E-state index in [0.29, 0.717) is 12.1 Å². The molecule has 1 heterocycles. The lowest BCUT2D eigenvalue weighted by Gasteiger charge is -2.38. The number of hydrogen-bond acceptors (Lipinski definition) is 3. The molecular weight excluding hydrogens is 265 g/mol. The van der Waals surface area contributed by atoms with Gasteiger partial charge in [0.2, 0.25) is 0 Å². The summed E-state index contributed by atoms with van der Waals surface area (Å²) < 4.78 is 13.1. The van der Waals surface area contributed by atoms with Gasteiger partial charge in [-0.3, -0.25) is 0 Å². The zero-order chi connectivity index (χ0) is 15.2. The van der Waals surface area contributed by atoms with Crippen molar-refractivity contribution in [2.45, 2.75) is 32.4 Å². The molecular formula is C17H28FN3. The minimum atomic E-state index is -0.165. The normalized spacial score (nSPS) is 22.4. The summed E-state index contributed by atoms with van der Waals surface area (Å²) in [5.74, 6) is -0.165. The van der Waals surface area contributed by atoms with Gasteiger partial charge >= 0.3 is 0 Å². The lowest BCUT2D eigenvalue weighted by molar-refractivity contribution is 0.102. The summed E-state index contributed by atoms with van der Waals surface area (Å²) in [5.41, 5.74) is 1.18. The fourth-order valence-corrected chi connectivity index (χ4v) is 2.97. The van der Waals surface area contributed by atoms with Crippen LogP contribution in [0.5, 0.6) is 0 Å². The van der Waals surface area contributed by atoms with Crippen LogP contribution in [0.4, 0.5) is 4.39 Å². The van der Waals surface area contributed by atoms with E-state index in [1.54, 1.807) is 12.1 Å². The number of benzene rings is 1. The average molecular weight is 293 g/mol. The van der Waals surface area contributed by atoms with Crippen molar-refractivity contribution in [3.8, 4) is 0 Å². The molecule has 0 amide bonds. The van der Waals surface area contributed by atoms with Gasteiger partial charge in [0.05, 0.1) is 0 Å². The Morgan fingerprint density at radius 2 is 2.00 bits per heavy atom. The van der Waals surface area contributed by atoms with Crippen LogP contribution < -0.4 is 5.32 Å². The zero-order valence-electron chi connectivity index (χ0n) is 13.5. The van der Waals surface area contributed by atoms with E-state index < -0.39 is 0 Å². The Morgan fingerprint density at radius 1 is 1.29 bits per heavy atom. The van der Waals surface area contributed by atoms with Crippen molar-refractivity contribution in [1.29, 1.82) is 0 Å². The predicted molar refractivity (Wildman–Crippen MR) is 86.0 cm³/mol. The van der Waals surface area contributed by atoms with Crippen LogP contribution in [0, 0.1) is 5.82 Å². The molecule has 1 aromatic carbocycles. The molecule has 2 atom stereocenters. The van der Waals surface area contributed by atoms with Crippen LogP contribution in [-0.2, 0) is 0 Å². The maximum absolute atomic E-state index is 13.1. The van der Waals surface area contributed by atoms with Crippen LogP contribution in [0.15, 0.2) is 24.3 Å². The Morgan fingerprint density at radius 3 is 2.62 bits per heavy atom. The highest BCUT2D eigenvalue weighted by atomic mass is 19.1. The lowest BCUT2D eigenvalue weighted by atomic mass is 10.0. The topological polar surface area (TPSA) is 18.5 Å². The summed E-state index contributed by atoms with van der Waals surface area (Å²) in [5, 5.41) is 3.52. The molecule has 0 saturated carbocycles. The van der Waals surface area contributed by atoms with Crippen molar-refractivity contribution in [2.24, 2.45) is 0 Å². The number of nitrogens with zero attached hydrogens (tertiary/aromatic N) is 2. The number of likely N-dealkylation sites (N-methyl/N-ethyl adjacent to an activating group) is 1. The van der Waals surface area contributed by atoms with Crippen LogP contribution in [0.1, 0.15) is 31.9 Å². The quantitative estimate of drug-likeness (QED) is 0.869. The van der Waals surface area contributed by atoms with Gasteiger partial charge in [-0.2, -0.15) is 0 Å². The Hall–Kier alpha value is -0.970. The predicted octanol–water partition coefficient (Wildman–Crippen LogP) is 2.50. The first-order valence-electron chi connectivity index (χ1n) is 8.01. The summed E-state index contributed by atoms with van der Waals surface area (Å²) >= 11 is 0. The molecule has 0 aromatic heterocycles. The van der Waals surface area contributed by atoms with Gasteiger partial charge in [-0.15, -0.1) is 0 Å². The average Bonchev–Trinajstić information content (AvgIpc) is 2.48. The molecule has 1 saturated heterocycles. The molecule has 0 bridgehead atoms. The molecule has 0 radical (unpaired) electrons. The Balaban J connectivity index is 1.89. The van der Waals surface area contributed by atoms with Crippen molar-refractivity contribution in [1.82, 2.24) is 15.1 Å². The molecule has 2 rings (SSSR count). The van der Waals surface area contributed by atoms with Crippen LogP contribution in [0.25, 0.3) is 0 Å². The number of piperazine rings is 1. The Kier molecular flexibility index (Phi) is 6.15. The number of halogens is 1. The van der Waals surface area contributed by atoms with Crippen molar-refractivity contribution < 1.29 is 4.39 Å². The van der Waals surface area contributed by atoms with Gasteiger partial charge in [-0.1, -0.05) is 19.1 Å².